The molecule has 1 atom stereocenters. The van der Waals surface area contributed by atoms with Crippen LogP contribution in [0, 0.1) is 13.8 Å². The summed E-state index contributed by atoms with van der Waals surface area (Å²) >= 11 is 6.13. The summed E-state index contributed by atoms with van der Waals surface area (Å²) in [6, 6.07) is 14.6. The summed E-state index contributed by atoms with van der Waals surface area (Å²) in [6.07, 6.45) is -0.999. The van der Waals surface area contributed by atoms with Crippen molar-refractivity contribution >= 4 is 23.5 Å². The van der Waals surface area contributed by atoms with Crippen LogP contribution in [0.15, 0.2) is 48.5 Å². The van der Waals surface area contributed by atoms with Gasteiger partial charge in [-0.2, -0.15) is 5.10 Å². The quantitative estimate of drug-likeness (QED) is 0.627. The molecule has 0 spiro atoms. The van der Waals surface area contributed by atoms with Gasteiger partial charge in [0.15, 0.2) is 17.6 Å². The summed E-state index contributed by atoms with van der Waals surface area (Å²) in [7, 11) is 0. The van der Waals surface area contributed by atoms with Gasteiger partial charge in [0.2, 0.25) is 0 Å². The lowest BCUT2D eigenvalue weighted by Gasteiger charge is -2.14. The summed E-state index contributed by atoms with van der Waals surface area (Å²) in [5.74, 6) is -0.748. The molecule has 3 rings (SSSR count). The molecule has 0 saturated carbocycles. The number of esters is 1. The number of nitrogens with zero attached hydrogens (tertiary/aromatic N) is 3. The van der Waals surface area contributed by atoms with Crippen LogP contribution in [0.5, 0.6) is 0 Å². The highest BCUT2D eigenvalue weighted by molar-refractivity contribution is 6.33. The number of benzene rings is 1. The molecule has 1 aromatic carbocycles. The van der Waals surface area contributed by atoms with Crippen molar-refractivity contribution < 1.29 is 14.3 Å². The van der Waals surface area contributed by atoms with Crippen molar-refractivity contribution in [3.8, 4) is 5.82 Å². The lowest BCUT2D eigenvalue weighted by Crippen LogP contribution is -2.35. The van der Waals surface area contributed by atoms with Crippen LogP contribution < -0.4 is 5.32 Å². The summed E-state index contributed by atoms with van der Waals surface area (Å²) in [5, 5.41) is 7.22. The Balaban J connectivity index is 1.68. The normalized spacial score (nSPS) is 11.7. The largest absolute Gasteiger partial charge is 0.448 e. The molecule has 0 saturated heterocycles. The first-order chi connectivity index (χ1) is 13.8. The molecule has 3 aromatic rings. The number of aromatic nitrogens is 3. The number of rotatable bonds is 6. The fourth-order valence-electron chi connectivity index (χ4n) is 2.75. The van der Waals surface area contributed by atoms with Gasteiger partial charge < -0.3 is 10.1 Å². The van der Waals surface area contributed by atoms with Crippen molar-refractivity contribution in [1.29, 1.82) is 0 Å². The third-order valence-electron chi connectivity index (χ3n) is 4.21. The molecule has 8 heteroatoms. The fraction of sp³-hybridized carbons (Fsp3) is 0.238. The second-order valence-corrected chi connectivity index (χ2v) is 7.00. The van der Waals surface area contributed by atoms with Crippen LogP contribution in [0.3, 0.4) is 0 Å². The van der Waals surface area contributed by atoms with Gasteiger partial charge in [-0.15, -0.1) is 0 Å². The molecule has 0 radical (unpaired) electrons. The predicted molar refractivity (Wildman–Crippen MR) is 109 cm³/mol. The average molecular weight is 413 g/mol. The van der Waals surface area contributed by atoms with Crippen molar-refractivity contribution in [2.75, 3.05) is 0 Å². The minimum atomic E-state index is -0.999. The number of hydrogen-bond donors (Lipinski definition) is 1. The van der Waals surface area contributed by atoms with E-state index in [1.54, 1.807) is 16.8 Å². The first kappa shape index (κ1) is 20.5. The molecular weight excluding hydrogens is 392 g/mol. The molecule has 2 aromatic heterocycles. The van der Waals surface area contributed by atoms with Gasteiger partial charge in [-0.1, -0.05) is 41.9 Å². The summed E-state index contributed by atoms with van der Waals surface area (Å²) in [5.41, 5.74) is 2.57. The van der Waals surface area contributed by atoms with Gasteiger partial charge in [-0.25, -0.2) is 14.5 Å². The van der Waals surface area contributed by atoms with Crippen molar-refractivity contribution in [1.82, 2.24) is 20.1 Å². The number of amides is 1. The standard InChI is InChI=1S/C21H21ClN4O3/c1-13-11-14(2)26(25-13)18-10-9-17(22)19(24-18)21(28)29-15(3)20(27)23-12-16-7-5-4-6-8-16/h4-11,15H,12H2,1-3H3,(H,23,27). The smallest absolute Gasteiger partial charge is 0.359 e. The summed E-state index contributed by atoms with van der Waals surface area (Å²) in [6.45, 7) is 5.59. The minimum absolute atomic E-state index is 0.0700. The van der Waals surface area contributed by atoms with Gasteiger partial charge in [0.1, 0.15) is 0 Å². The molecule has 1 amide bonds. The Morgan fingerprint density at radius 3 is 2.55 bits per heavy atom. The zero-order chi connectivity index (χ0) is 21.0. The highest BCUT2D eigenvalue weighted by atomic mass is 35.5. The monoisotopic (exact) mass is 412 g/mol. The Kier molecular flexibility index (Phi) is 6.29. The highest BCUT2D eigenvalue weighted by Gasteiger charge is 2.22. The van der Waals surface area contributed by atoms with Gasteiger partial charge in [-0.05, 0) is 44.5 Å². The summed E-state index contributed by atoms with van der Waals surface area (Å²) in [4.78, 5) is 29.1. The highest BCUT2D eigenvalue weighted by Crippen LogP contribution is 2.19. The van der Waals surface area contributed by atoms with Gasteiger partial charge in [0.05, 0.1) is 10.7 Å². The first-order valence-electron chi connectivity index (χ1n) is 9.08. The Morgan fingerprint density at radius 2 is 1.90 bits per heavy atom. The Labute approximate surface area is 173 Å². The lowest BCUT2D eigenvalue weighted by molar-refractivity contribution is -0.129. The third-order valence-corrected chi connectivity index (χ3v) is 4.52. The second-order valence-electron chi connectivity index (χ2n) is 6.59. The van der Waals surface area contributed by atoms with Crippen LogP contribution in [0.25, 0.3) is 5.82 Å². The molecule has 2 heterocycles. The van der Waals surface area contributed by atoms with E-state index >= 15 is 0 Å². The Bertz CT molecular complexity index is 1030. The average Bonchev–Trinajstić information content (AvgIpc) is 3.05. The molecule has 0 bridgehead atoms. The molecule has 7 nitrogen and oxygen atoms in total. The number of ether oxygens (including phenoxy) is 1. The van der Waals surface area contributed by atoms with E-state index in [0.29, 0.717) is 12.4 Å². The summed E-state index contributed by atoms with van der Waals surface area (Å²) < 4.78 is 6.88. The van der Waals surface area contributed by atoms with E-state index in [2.05, 4.69) is 15.4 Å². The van der Waals surface area contributed by atoms with Gasteiger partial charge in [0, 0.05) is 12.2 Å². The maximum atomic E-state index is 12.5. The number of halogens is 1. The van der Waals surface area contributed by atoms with Gasteiger partial charge >= 0.3 is 5.97 Å². The van der Waals surface area contributed by atoms with Crippen LogP contribution in [0.2, 0.25) is 5.02 Å². The molecule has 0 aliphatic carbocycles. The zero-order valence-corrected chi connectivity index (χ0v) is 17.1. The maximum absolute atomic E-state index is 12.5. The first-order valence-corrected chi connectivity index (χ1v) is 9.45. The van der Waals surface area contributed by atoms with Crippen molar-refractivity contribution in [2.45, 2.75) is 33.4 Å². The van der Waals surface area contributed by atoms with Crippen LogP contribution in [0.4, 0.5) is 0 Å². The zero-order valence-electron chi connectivity index (χ0n) is 16.3. The molecule has 0 fully saturated rings. The molecule has 29 heavy (non-hydrogen) atoms. The molecule has 0 aliphatic rings. The number of pyridine rings is 1. The Hall–Kier alpha value is -3.19. The van der Waals surface area contributed by atoms with E-state index in [4.69, 9.17) is 16.3 Å². The van der Waals surface area contributed by atoms with Crippen LogP contribution in [-0.2, 0) is 16.1 Å². The minimum Gasteiger partial charge on any atom is -0.448 e. The number of carbonyl (C=O) groups excluding carboxylic acids is 2. The number of carbonyl (C=O) groups is 2. The second kappa shape index (κ2) is 8.87. The molecule has 0 aliphatic heterocycles. The SMILES string of the molecule is Cc1cc(C)n(-c2ccc(Cl)c(C(=O)OC(C)C(=O)NCc3ccccc3)n2)n1. The maximum Gasteiger partial charge on any atom is 0.359 e. The van der Waals surface area contributed by atoms with E-state index in [1.165, 1.54) is 6.92 Å². The predicted octanol–water partition coefficient (Wildman–Crippen LogP) is 3.40. The molecule has 1 N–H and O–H groups in total. The number of nitrogens with one attached hydrogen (secondary N) is 1. The molecule has 1 unspecified atom stereocenters. The number of aryl methyl sites for hydroxylation is 2. The molecular formula is C21H21ClN4O3. The van der Waals surface area contributed by atoms with Crippen LogP contribution >= 0.6 is 11.6 Å². The van der Waals surface area contributed by atoms with E-state index in [9.17, 15) is 9.59 Å². The van der Waals surface area contributed by atoms with Gasteiger partial charge in [-0.3, -0.25) is 4.79 Å². The topological polar surface area (TPSA) is 86.1 Å². The van der Waals surface area contributed by atoms with E-state index in [1.807, 2.05) is 50.2 Å². The molecule has 150 valence electrons. The van der Waals surface area contributed by atoms with E-state index < -0.39 is 18.0 Å². The van der Waals surface area contributed by atoms with Crippen LogP contribution in [0.1, 0.15) is 34.4 Å². The van der Waals surface area contributed by atoms with Crippen molar-refractivity contribution in [3.05, 3.63) is 76.2 Å². The van der Waals surface area contributed by atoms with E-state index in [0.717, 1.165) is 17.0 Å². The van der Waals surface area contributed by atoms with Crippen molar-refractivity contribution in [2.24, 2.45) is 0 Å². The van der Waals surface area contributed by atoms with Crippen molar-refractivity contribution in [3.63, 3.8) is 0 Å². The third kappa shape index (κ3) is 5.00. The van der Waals surface area contributed by atoms with Crippen LogP contribution in [-0.4, -0.2) is 32.7 Å². The number of hydrogen-bond acceptors (Lipinski definition) is 5. The van der Waals surface area contributed by atoms with Gasteiger partial charge in [0.25, 0.3) is 5.91 Å². The lowest BCUT2D eigenvalue weighted by atomic mass is 10.2. The van der Waals surface area contributed by atoms with E-state index in [-0.39, 0.29) is 10.7 Å². The fourth-order valence-corrected chi connectivity index (χ4v) is 2.93. The Morgan fingerprint density at radius 1 is 1.17 bits per heavy atom.